The molecule has 0 saturated carbocycles. The number of nitrogens with one attached hydrogen (secondary N) is 1. The minimum Gasteiger partial charge on any atom is -0.444 e. The lowest BCUT2D eigenvalue weighted by Crippen LogP contribution is -2.43. The fourth-order valence-corrected chi connectivity index (χ4v) is 5.00. The van der Waals surface area contributed by atoms with Crippen LogP contribution in [-0.4, -0.2) is 56.6 Å². The first-order valence-electron chi connectivity index (χ1n) is 13.5. The van der Waals surface area contributed by atoms with Crippen LogP contribution in [0.1, 0.15) is 53.5 Å². The molecule has 0 spiro atoms. The van der Waals surface area contributed by atoms with Crippen molar-refractivity contribution in [2.75, 3.05) is 13.6 Å². The summed E-state index contributed by atoms with van der Waals surface area (Å²) in [4.78, 5) is 40.6. The number of benzene rings is 2. The minimum atomic E-state index is -4.81. The molecule has 0 fully saturated rings. The predicted molar refractivity (Wildman–Crippen MR) is 150 cm³/mol. The number of halogens is 3. The molecule has 1 aliphatic rings. The minimum absolute atomic E-state index is 0.0943. The zero-order valence-electron chi connectivity index (χ0n) is 24.0. The normalized spacial score (nSPS) is 13.5. The Hall–Kier alpha value is -4.81. The average Bonchev–Trinajstić information content (AvgIpc) is 3.35. The Balaban J connectivity index is 1.61. The van der Waals surface area contributed by atoms with Crippen LogP contribution in [-0.2, 0) is 24.1 Å². The van der Waals surface area contributed by atoms with Gasteiger partial charge in [-0.15, -0.1) is 13.2 Å². The topological polar surface area (TPSA) is 107 Å². The highest BCUT2D eigenvalue weighted by Gasteiger charge is 2.32. The summed E-state index contributed by atoms with van der Waals surface area (Å²) >= 11 is 0. The first-order valence-corrected chi connectivity index (χ1v) is 13.5. The summed E-state index contributed by atoms with van der Waals surface area (Å²) in [6.07, 6.45) is -3.21. The van der Waals surface area contributed by atoms with Crippen molar-refractivity contribution >= 4 is 17.6 Å². The SMILES string of the molecule is CNC(=O)c1ccc(-n2c(=O)c3c(n4ncc(Cc5ccc(OC(F)(F)F)cc5)c24)CN(C(=O)OC(C)(C)C)CC3)cc1. The molecule has 43 heavy (non-hydrogen) atoms. The van der Waals surface area contributed by atoms with Crippen LogP contribution in [0.5, 0.6) is 5.75 Å². The van der Waals surface area contributed by atoms with E-state index in [2.05, 4.69) is 15.2 Å². The summed E-state index contributed by atoms with van der Waals surface area (Å²) in [5.74, 6) is -0.625. The number of carbonyl (C=O) groups is 2. The highest BCUT2D eigenvalue weighted by molar-refractivity contribution is 5.94. The van der Waals surface area contributed by atoms with E-state index in [0.29, 0.717) is 39.3 Å². The largest absolute Gasteiger partial charge is 0.573 e. The summed E-state index contributed by atoms with van der Waals surface area (Å²) < 4.78 is 50.6. The Labute approximate surface area is 244 Å². The van der Waals surface area contributed by atoms with E-state index in [4.69, 9.17) is 4.74 Å². The number of hydrogen-bond acceptors (Lipinski definition) is 6. The number of hydrogen-bond donors (Lipinski definition) is 1. The van der Waals surface area contributed by atoms with Crippen molar-refractivity contribution in [2.45, 2.75) is 52.1 Å². The van der Waals surface area contributed by atoms with Crippen molar-refractivity contribution in [3.8, 4) is 11.4 Å². The zero-order valence-corrected chi connectivity index (χ0v) is 24.0. The second kappa shape index (κ2) is 11.1. The van der Waals surface area contributed by atoms with Crippen molar-refractivity contribution in [1.82, 2.24) is 24.4 Å². The average molecular weight is 598 g/mol. The van der Waals surface area contributed by atoms with Crippen LogP contribution in [0.25, 0.3) is 11.3 Å². The fourth-order valence-electron chi connectivity index (χ4n) is 5.00. The van der Waals surface area contributed by atoms with Crippen LogP contribution in [0.4, 0.5) is 18.0 Å². The number of aromatic nitrogens is 3. The van der Waals surface area contributed by atoms with E-state index < -0.39 is 18.1 Å². The van der Waals surface area contributed by atoms with E-state index in [9.17, 15) is 27.6 Å². The molecule has 0 aliphatic carbocycles. The van der Waals surface area contributed by atoms with Gasteiger partial charge in [-0.05, 0) is 69.2 Å². The first-order chi connectivity index (χ1) is 20.2. The molecule has 226 valence electrons. The zero-order chi connectivity index (χ0) is 31.1. The van der Waals surface area contributed by atoms with Crippen molar-refractivity contribution in [3.63, 3.8) is 0 Å². The lowest BCUT2D eigenvalue weighted by Gasteiger charge is -2.31. The van der Waals surface area contributed by atoms with E-state index in [1.54, 1.807) is 55.7 Å². The number of carbonyl (C=O) groups excluding carboxylic acids is 2. The molecule has 0 bridgehead atoms. The maximum absolute atomic E-state index is 14.1. The van der Waals surface area contributed by atoms with Gasteiger partial charge in [-0.25, -0.2) is 9.31 Å². The molecule has 1 N–H and O–H groups in total. The molecule has 4 aromatic rings. The number of ether oxygens (including phenoxy) is 2. The summed E-state index contributed by atoms with van der Waals surface area (Å²) in [6, 6.07) is 12.0. The molecule has 1 aliphatic heterocycles. The summed E-state index contributed by atoms with van der Waals surface area (Å²) in [5, 5.41) is 7.15. The summed E-state index contributed by atoms with van der Waals surface area (Å²) in [7, 11) is 1.52. The van der Waals surface area contributed by atoms with Gasteiger partial charge in [0.05, 0.1) is 24.1 Å². The fraction of sp³-hybridized carbons (Fsp3) is 0.333. The molecule has 3 heterocycles. The molecular weight excluding hydrogens is 567 g/mol. The second-order valence-corrected chi connectivity index (χ2v) is 11.1. The second-order valence-electron chi connectivity index (χ2n) is 11.1. The molecule has 2 amide bonds. The Morgan fingerprint density at radius 3 is 2.30 bits per heavy atom. The Bertz CT molecular complexity index is 1740. The van der Waals surface area contributed by atoms with Crippen molar-refractivity contribution in [3.05, 3.63) is 93.0 Å². The van der Waals surface area contributed by atoms with Gasteiger partial charge in [0.1, 0.15) is 17.0 Å². The highest BCUT2D eigenvalue weighted by Crippen LogP contribution is 2.27. The van der Waals surface area contributed by atoms with E-state index >= 15 is 0 Å². The molecule has 0 unspecified atom stereocenters. The highest BCUT2D eigenvalue weighted by atomic mass is 19.4. The molecular formula is C30H30F3N5O5. The molecule has 0 saturated heterocycles. The van der Waals surface area contributed by atoms with Gasteiger partial charge in [0.2, 0.25) is 0 Å². The quantitative estimate of drug-likeness (QED) is 0.360. The van der Waals surface area contributed by atoms with Gasteiger partial charge >= 0.3 is 12.5 Å². The van der Waals surface area contributed by atoms with Crippen molar-refractivity contribution in [2.24, 2.45) is 0 Å². The molecule has 2 aromatic carbocycles. The Kier molecular flexibility index (Phi) is 7.67. The molecule has 13 heteroatoms. The van der Waals surface area contributed by atoms with Gasteiger partial charge in [-0.1, -0.05) is 12.1 Å². The van der Waals surface area contributed by atoms with E-state index in [0.717, 1.165) is 0 Å². The first kappa shape index (κ1) is 29.7. The Morgan fingerprint density at radius 1 is 1.02 bits per heavy atom. The number of nitrogens with zero attached hydrogens (tertiary/aromatic N) is 4. The number of rotatable bonds is 5. The van der Waals surface area contributed by atoms with E-state index in [-0.39, 0.29) is 43.1 Å². The molecule has 10 nitrogen and oxygen atoms in total. The lowest BCUT2D eigenvalue weighted by atomic mass is 10.0. The molecule has 5 rings (SSSR count). The lowest BCUT2D eigenvalue weighted by molar-refractivity contribution is -0.274. The molecule has 2 aromatic heterocycles. The van der Waals surface area contributed by atoms with Crippen molar-refractivity contribution in [1.29, 1.82) is 0 Å². The van der Waals surface area contributed by atoms with Crippen LogP contribution in [0.2, 0.25) is 0 Å². The molecule has 0 radical (unpaired) electrons. The van der Waals surface area contributed by atoms with Gasteiger partial charge < -0.3 is 19.7 Å². The van der Waals surface area contributed by atoms with E-state index in [1.807, 2.05) is 0 Å². The Morgan fingerprint density at radius 2 is 1.70 bits per heavy atom. The summed E-state index contributed by atoms with van der Waals surface area (Å²) in [5.41, 5.74) is 2.65. The van der Waals surface area contributed by atoms with Crippen LogP contribution >= 0.6 is 0 Å². The van der Waals surface area contributed by atoms with Crippen LogP contribution in [0.3, 0.4) is 0 Å². The van der Waals surface area contributed by atoms with Gasteiger partial charge in [-0.2, -0.15) is 5.10 Å². The third-order valence-electron chi connectivity index (χ3n) is 6.88. The maximum atomic E-state index is 14.1. The molecule has 0 atom stereocenters. The standard InChI is InChI=1S/C30H30F3N5O5/c1-29(2,3)43-28(41)36-14-13-23-24(17-36)38-26(37(27(23)40)21-9-7-19(8-10-21)25(39)34-4)20(16-35-38)15-18-5-11-22(12-6-18)42-30(31,32)33/h5-12,16H,13-15,17H2,1-4H3,(H,34,39). The predicted octanol–water partition coefficient (Wildman–Crippen LogP) is 4.63. The maximum Gasteiger partial charge on any atom is 0.573 e. The number of alkyl halides is 3. The third-order valence-corrected chi connectivity index (χ3v) is 6.88. The third kappa shape index (κ3) is 6.35. The van der Waals surface area contributed by atoms with Gasteiger partial charge in [0.15, 0.2) is 0 Å². The van der Waals surface area contributed by atoms with Gasteiger partial charge in [0.25, 0.3) is 11.5 Å². The van der Waals surface area contributed by atoms with Crippen LogP contribution in [0.15, 0.2) is 59.5 Å². The number of fused-ring (bicyclic) bond motifs is 3. The smallest absolute Gasteiger partial charge is 0.444 e. The van der Waals surface area contributed by atoms with Crippen LogP contribution in [0, 0.1) is 0 Å². The van der Waals surface area contributed by atoms with Crippen LogP contribution < -0.4 is 15.6 Å². The van der Waals surface area contributed by atoms with Gasteiger partial charge in [0, 0.05) is 36.7 Å². The van der Waals surface area contributed by atoms with Crippen molar-refractivity contribution < 1.29 is 32.2 Å². The number of amides is 2. The summed E-state index contributed by atoms with van der Waals surface area (Å²) in [6.45, 7) is 5.69. The monoisotopic (exact) mass is 597 g/mol. The van der Waals surface area contributed by atoms with Gasteiger partial charge in [-0.3, -0.25) is 14.2 Å². The van der Waals surface area contributed by atoms with E-state index in [1.165, 1.54) is 40.8 Å².